The number of halogens is 1. The van der Waals surface area contributed by atoms with E-state index in [9.17, 15) is 13.2 Å². The Morgan fingerprint density at radius 1 is 0.969 bits per heavy atom. The van der Waals surface area contributed by atoms with E-state index in [1.54, 1.807) is 29.2 Å². The second-order valence-corrected chi connectivity index (χ2v) is 11.1. The van der Waals surface area contributed by atoms with Crippen LogP contribution in [0.3, 0.4) is 0 Å². The molecule has 0 aliphatic rings. The number of thiazole rings is 1. The number of benzene rings is 2. The fourth-order valence-corrected chi connectivity index (χ4v) is 5.66. The Labute approximate surface area is 200 Å². The van der Waals surface area contributed by atoms with Gasteiger partial charge < -0.3 is 4.90 Å². The molecule has 0 atom stereocenters. The highest BCUT2D eigenvalue weighted by Crippen LogP contribution is 2.33. The molecule has 3 rings (SSSR count). The Morgan fingerprint density at radius 2 is 1.59 bits per heavy atom. The van der Waals surface area contributed by atoms with E-state index in [0.717, 1.165) is 39.9 Å². The van der Waals surface area contributed by atoms with E-state index in [2.05, 4.69) is 0 Å². The molecule has 0 aliphatic heterocycles. The summed E-state index contributed by atoms with van der Waals surface area (Å²) in [6.45, 7) is 7.11. The van der Waals surface area contributed by atoms with Crippen LogP contribution in [0.1, 0.15) is 23.1 Å². The first-order valence-electron chi connectivity index (χ1n) is 10.2. The Morgan fingerprint density at radius 3 is 2.19 bits per heavy atom. The van der Waals surface area contributed by atoms with Crippen LogP contribution in [0.25, 0.3) is 10.2 Å². The van der Waals surface area contributed by atoms with Gasteiger partial charge in [-0.1, -0.05) is 41.2 Å². The molecule has 2 aromatic carbocycles. The number of hydrogen-bond donors (Lipinski definition) is 0. The number of amides is 1. The third-order valence-corrected chi connectivity index (χ3v) is 7.97. The van der Waals surface area contributed by atoms with E-state index in [1.807, 2.05) is 51.9 Å². The van der Waals surface area contributed by atoms with Crippen molar-refractivity contribution < 1.29 is 13.2 Å². The summed E-state index contributed by atoms with van der Waals surface area (Å²) in [7, 11) is 0.199. The highest BCUT2D eigenvalue weighted by Gasteiger charge is 2.27. The molecular formula is C23H30ClN3O3S2. The normalized spacial score (nSPS) is 11.6. The zero-order chi connectivity index (χ0) is 22.8. The fraction of sp³-hybridized carbons (Fsp3) is 0.391. The van der Waals surface area contributed by atoms with Crippen LogP contribution in [-0.4, -0.2) is 57.1 Å². The lowest BCUT2D eigenvalue weighted by molar-refractivity contribution is -0.116. The molecule has 3 aromatic rings. The molecule has 0 radical (unpaired) electrons. The lowest BCUT2D eigenvalue weighted by Crippen LogP contribution is -2.37. The summed E-state index contributed by atoms with van der Waals surface area (Å²) in [6.07, 6.45) is 0.719. The van der Waals surface area contributed by atoms with Gasteiger partial charge in [0.15, 0.2) is 15.0 Å². The summed E-state index contributed by atoms with van der Waals surface area (Å²) in [4.78, 5) is 21.7. The molecule has 0 spiro atoms. The molecule has 6 nitrogen and oxygen atoms in total. The second kappa shape index (κ2) is 10.7. The Bertz CT molecular complexity index is 1150. The van der Waals surface area contributed by atoms with Crippen LogP contribution in [0.4, 0.5) is 5.13 Å². The van der Waals surface area contributed by atoms with Gasteiger partial charge in [-0.2, -0.15) is 0 Å². The van der Waals surface area contributed by atoms with Gasteiger partial charge in [0.1, 0.15) is 5.75 Å². The van der Waals surface area contributed by atoms with Crippen LogP contribution in [-0.2, 0) is 14.6 Å². The molecule has 0 saturated heterocycles. The van der Waals surface area contributed by atoms with Crippen molar-refractivity contribution in [2.24, 2.45) is 0 Å². The molecule has 9 heteroatoms. The van der Waals surface area contributed by atoms with Crippen molar-refractivity contribution in [1.82, 2.24) is 9.88 Å². The molecule has 0 fully saturated rings. The van der Waals surface area contributed by atoms with Crippen LogP contribution >= 0.6 is 23.7 Å². The number of aryl methyl sites for hydroxylation is 3. The van der Waals surface area contributed by atoms with Gasteiger partial charge in [0.25, 0.3) is 0 Å². The van der Waals surface area contributed by atoms with Gasteiger partial charge in [0.2, 0.25) is 5.91 Å². The summed E-state index contributed by atoms with van der Waals surface area (Å²) in [5, 5.41) is 0.551. The zero-order valence-electron chi connectivity index (χ0n) is 19.1. The molecule has 0 aliphatic carbocycles. The second-order valence-electron chi connectivity index (χ2n) is 8.15. The number of fused-ring (bicyclic) bond motifs is 1. The zero-order valence-corrected chi connectivity index (χ0v) is 21.5. The largest absolute Gasteiger partial charge is 0.309 e. The highest BCUT2D eigenvalue weighted by atomic mass is 35.5. The van der Waals surface area contributed by atoms with Crippen molar-refractivity contribution in [3.8, 4) is 0 Å². The SMILES string of the molecule is Cc1ccc(S(=O)(=O)CC(=O)N(CCCN(C)C)c2nc3c(C)ccc(C)c3s2)cc1.Cl. The number of nitrogens with zero attached hydrogens (tertiary/aromatic N) is 3. The van der Waals surface area contributed by atoms with E-state index in [4.69, 9.17) is 4.98 Å². The molecule has 1 aromatic heterocycles. The van der Waals surface area contributed by atoms with E-state index in [-0.39, 0.29) is 17.3 Å². The van der Waals surface area contributed by atoms with Gasteiger partial charge in [-0.25, -0.2) is 13.4 Å². The van der Waals surface area contributed by atoms with Crippen molar-refractivity contribution in [3.63, 3.8) is 0 Å². The third kappa shape index (κ3) is 6.07. The van der Waals surface area contributed by atoms with Crippen LogP contribution in [0, 0.1) is 20.8 Å². The van der Waals surface area contributed by atoms with Crippen molar-refractivity contribution >= 4 is 54.8 Å². The van der Waals surface area contributed by atoms with Crippen LogP contribution in [0.2, 0.25) is 0 Å². The van der Waals surface area contributed by atoms with Gasteiger partial charge in [-0.15, -0.1) is 12.4 Å². The molecular weight excluding hydrogens is 466 g/mol. The van der Waals surface area contributed by atoms with Crippen LogP contribution in [0.15, 0.2) is 41.3 Å². The molecule has 32 heavy (non-hydrogen) atoms. The number of sulfone groups is 1. The van der Waals surface area contributed by atoms with Crippen molar-refractivity contribution in [2.45, 2.75) is 32.1 Å². The number of carbonyl (C=O) groups excluding carboxylic acids is 1. The lowest BCUT2D eigenvalue weighted by Gasteiger charge is -2.21. The summed E-state index contributed by atoms with van der Waals surface area (Å²) in [5.74, 6) is -1.03. The number of anilines is 1. The lowest BCUT2D eigenvalue weighted by atomic mass is 10.1. The average Bonchev–Trinajstić information content (AvgIpc) is 3.14. The Hall–Kier alpha value is -2.00. The minimum absolute atomic E-state index is 0. The van der Waals surface area contributed by atoms with Gasteiger partial charge in [0.05, 0.1) is 15.1 Å². The minimum Gasteiger partial charge on any atom is -0.309 e. The van der Waals surface area contributed by atoms with Gasteiger partial charge in [-0.05, 0) is 71.1 Å². The number of rotatable bonds is 8. The maximum atomic E-state index is 13.2. The highest BCUT2D eigenvalue weighted by molar-refractivity contribution is 7.92. The van der Waals surface area contributed by atoms with E-state index >= 15 is 0 Å². The molecule has 1 amide bonds. The van der Waals surface area contributed by atoms with Gasteiger partial charge >= 0.3 is 0 Å². The summed E-state index contributed by atoms with van der Waals surface area (Å²) in [6, 6.07) is 10.6. The topological polar surface area (TPSA) is 70.6 Å². The fourth-order valence-electron chi connectivity index (χ4n) is 3.30. The molecule has 1 heterocycles. The molecule has 0 unspecified atom stereocenters. The molecule has 174 valence electrons. The molecule has 0 saturated carbocycles. The minimum atomic E-state index is -3.74. The molecule has 0 N–H and O–H groups in total. The first-order chi connectivity index (χ1) is 14.6. The number of hydrogen-bond acceptors (Lipinski definition) is 6. The summed E-state index contributed by atoms with van der Waals surface area (Å²) < 4.78 is 26.8. The van der Waals surface area contributed by atoms with Gasteiger partial charge in [0, 0.05) is 6.54 Å². The predicted octanol–water partition coefficient (Wildman–Crippen LogP) is 4.40. The first-order valence-corrected chi connectivity index (χ1v) is 12.7. The monoisotopic (exact) mass is 495 g/mol. The summed E-state index contributed by atoms with van der Waals surface area (Å²) in [5.41, 5.74) is 3.97. The third-order valence-electron chi connectivity index (χ3n) is 5.14. The van der Waals surface area contributed by atoms with E-state index in [1.165, 1.54) is 11.3 Å². The van der Waals surface area contributed by atoms with E-state index in [0.29, 0.717) is 11.7 Å². The van der Waals surface area contributed by atoms with Crippen LogP contribution < -0.4 is 4.90 Å². The molecule has 0 bridgehead atoms. The summed E-state index contributed by atoms with van der Waals surface area (Å²) >= 11 is 1.44. The number of carbonyl (C=O) groups is 1. The van der Waals surface area contributed by atoms with Crippen molar-refractivity contribution in [1.29, 1.82) is 0 Å². The Balaban J connectivity index is 0.00000363. The van der Waals surface area contributed by atoms with Crippen LogP contribution in [0.5, 0.6) is 0 Å². The number of aromatic nitrogens is 1. The standard InChI is InChI=1S/C23H29N3O3S2.ClH/c1-16-7-11-19(12-8-16)31(28,29)15-20(27)26(14-6-13-25(4)5)23-24-21-17(2)9-10-18(3)22(21)30-23;/h7-12H,6,13-15H2,1-5H3;1H. The van der Waals surface area contributed by atoms with Gasteiger partial charge in [-0.3, -0.25) is 9.69 Å². The van der Waals surface area contributed by atoms with Crippen molar-refractivity contribution in [3.05, 3.63) is 53.1 Å². The predicted molar refractivity (Wildman–Crippen MR) is 135 cm³/mol. The maximum Gasteiger partial charge on any atom is 0.244 e. The quantitative estimate of drug-likeness (QED) is 0.463. The van der Waals surface area contributed by atoms with E-state index < -0.39 is 21.5 Å². The van der Waals surface area contributed by atoms with Crippen molar-refractivity contribution in [2.75, 3.05) is 37.8 Å². The maximum absolute atomic E-state index is 13.2. The average molecular weight is 496 g/mol. The Kier molecular flexibility index (Phi) is 8.82. The first kappa shape index (κ1) is 26.3. The smallest absolute Gasteiger partial charge is 0.244 e.